The molecule has 19 heavy (non-hydrogen) atoms. The number of benzene rings is 1. The molecule has 0 aliphatic rings. The van der Waals surface area contributed by atoms with Gasteiger partial charge in [-0.3, -0.25) is 5.10 Å². The summed E-state index contributed by atoms with van der Waals surface area (Å²) in [5.41, 5.74) is 0. The van der Waals surface area contributed by atoms with Gasteiger partial charge in [0.1, 0.15) is 12.1 Å². The molecule has 7 nitrogen and oxygen atoms in total. The van der Waals surface area contributed by atoms with E-state index in [1.54, 1.807) is 12.1 Å². The molecule has 0 aliphatic carbocycles. The van der Waals surface area contributed by atoms with Gasteiger partial charge in [0.05, 0.1) is 11.5 Å². The SMILES string of the molecule is NS(=O)(=O)c1ccc(OCCSc2ncn[nH]2)cc1. The summed E-state index contributed by atoms with van der Waals surface area (Å²) in [7, 11) is -3.65. The predicted octanol–water partition coefficient (Wildman–Crippen LogP) is 0.623. The molecule has 0 atom stereocenters. The Labute approximate surface area is 114 Å². The van der Waals surface area contributed by atoms with Crippen molar-refractivity contribution in [3.05, 3.63) is 30.6 Å². The molecule has 0 bridgehead atoms. The van der Waals surface area contributed by atoms with Gasteiger partial charge in [0.25, 0.3) is 0 Å². The number of nitrogens with one attached hydrogen (secondary N) is 1. The molecule has 1 aromatic carbocycles. The lowest BCUT2D eigenvalue weighted by atomic mass is 10.3. The molecule has 0 spiro atoms. The average Bonchev–Trinajstić information content (AvgIpc) is 2.87. The smallest absolute Gasteiger partial charge is 0.238 e. The summed E-state index contributed by atoms with van der Waals surface area (Å²) in [4.78, 5) is 4.03. The zero-order valence-corrected chi connectivity index (χ0v) is 11.4. The lowest BCUT2D eigenvalue weighted by Gasteiger charge is -2.05. The minimum absolute atomic E-state index is 0.0656. The molecule has 0 aliphatic heterocycles. The van der Waals surface area contributed by atoms with Crippen molar-refractivity contribution >= 4 is 21.8 Å². The fourth-order valence-electron chi connectivity index (χ4n) is 1.29. The standard InChI is InChI=1S/C10H12N4O3S2/c11-19(15,16)9-3-1-8(2-4-9)17-5-6-18-10-12-7-13-14-10/h1-4,7H,5-6H2,(H2,11,15,16)(H,12,13,14). The van der Waals surface area contributed by atoms with Crippen LogP contribution in [0.15, 0.2) is 40.6 Å². The summed E-state index contributed by atoms with van der Waals surface area (Å²) in [5, 5.41) is 12.2. The van der Waals surface area contributed by atoms with Crippen molar-refractivity contribution < 1.29 is 13.2 Å². The zero-order chi connectivity index (χ0) is 13.7. The quantitative estimate of drug-likeness (QED) is 0.597. The number of rotatable bonds is 6. The monoisotopic (exact) mass is 300 g/mol. The molecule has 0 saturated heterocycles. The summed E-state index contributed by atoms with van der Waals surface area (Å²) >= 11 is 1.48. The highest BCUT2D eigenvalue weighted by Gasteiger charge is 2.06. The van der Waals surface area contributed by atoms with E-state index in [1.807, 2.05) is 0 Å². The van der Waals surface area contributed by atoms with Crippen molar-refractivity contribution in [3.8, 4) is 5.75 Å². The topological polar surface area (TPSA) is 111 Å². The third kappa shape index (κ3) is 4.23. The molecule has 2 aromatic rings. The van der Waals surface area contributed by atoms with Crippen molar-refractivity contribution in [3.63, 3.8) is 0 Å². The van der Waals surface area contributed by atoms with Crippen LogP contribution in [0.3, 0.4) is 0 Å². The molecule has 9 heteroatoms. The first-order valence-corrected chi connectivity index (χ1v) is 7.83. The number of aromatic amines is 1. The number of nitrogens with zero attached hydrogens (tertiary/aromatic N) is 2. The average molecular weight is 300 g/mol. The van der Waals surface area contributed by atoms with E-state index >= 15 is 0 Å². The van der Waals surface area contributed by atoms with Crippen molar-refractivity contribution in [2.45, 2.75) is 10.1 Å². The van der Waals surface area contributed by atoms with Gasteiger partial charge in [-0.1, -0.05) is 11.8 Å². The summed E-state index contributed by atoms with van der Waals surface area (Å²) in [6.45, 7) is 0.472. The van der Waals surface area contributed by atoms with Gasteiger partial charge in [-0.25, -0.2) is 18.5 Å². The number of primary sulfonamides is 1. The first-order valence-electron chi connectivity index (χ1n) is 5.29. The van der Waals surface area contributed by atoms with Crippen LogP contribution < -0.4 is 9.88 Å². The second-order valence-corrected chi connectivity index (χ2v) is 6.15. The van der Waals surface area contributed by atoms with Crippen LogP contribution in [0, 0.1) is 0 Å². The van der Waals surface area contributed by atoms with Crippen LogP contribution in [0.2, 0.25) is 0 Å². The Kier molecular flexibility index (Phi) is 4.40. The number of aromatic nitrogens is 3. The zero-order valence-electron chi connectivity index (χ0n) is 9.81. The van der Waals surface area contributed by atoms with Crippen molar-refractivity contribution in [2.24, 2.45) is 5.14 Å². The van der Waals surface area contributed by atoms with Crippen LogP contribution in [-0.2, 0) is 10.0 Å². The lowest BCUT2D eigenvalue weighted by molar-refractivity contribution is 0.343. The van der Waals surface area contributed by atoms with Gasteiger partial charge in [0.15, 0.2) is 5.16 Å². The second-order valence-electron chi connectivity index (χ2n) is 3.50. The van der Waals surface area contributed by atoms with Crippen molar-refractivity contribution in [1.29, 1.82) is 0 Å². The number of hydrogen-bond donors (Lipinski definition) is 2. The Morgan fingerprint density at radius 2 is 2.05 bits per heavy atom. The predicted molar refractivity (Wildman–Crippen MR) is 70.4 cm³/mol. The highest BCUT2D eigenvalue weighted by Crippen LogP contribution is 2.16. The van der Waals surface area contributed by atoms with Crippen LogP contribution in [0.4, 0.5) is 0 Å². The third-order valence-electron chi connectivity index (χ3n) is 2.14. The van der Waals surface area contributed by atoms with Gasteiger partial charge in [0.2, 0.25) is 10.0 Å². The Morgan fingerprint density at radius 3 is 2.63 bits per heavy atom. The van der Waals surface area contributed by atoms with Crippen LogP contribution in [0.25, 0.3) is 0 Å². The van der Waals surface area contributed by atoms with Gasteiger partial charge >= 0.3 is 0 Å². The second kappa shape index (κ2) is 6.04. The normalized spacial score (nSPS) is 11.4. The van der Waals surface area contributed by atoms with Gasteiger partial charge in [-0.15, -0.1) is 0 Å². The maximum atomic E-state index is 11.1. The molecule has 0 saturated carbocycles. The minimum Gasteiger partial charge on any atom is -0.493 e. The van der Waals surface area contributed by atoms with E-state index in [0.717, 1.165) is 5.16 Å². The van der Waals surface area contributed by atoms with Crippen LogP contribution in [0.5, 0.6) is 5.75 Å². The van der Waals surface area contributed by atoms with Gasteiger partial charge in [0, 0.05) is 5.75 Å². The molecule has 0 unspecified atom stereocenters. The number of thioether (sulfide) groups is 1. The molecule has 0 radical (unpaired) electrons. The van der Waals surface area contributed by atoms with E-state index < -0.39 is 10.0 Å². The minimum atomic E-state index is -3.65. The van der Waals surface area contributed by atoms with Crippen LogP contribution in [-0.4, -0.2) is 36.0 Å². The van der Waals surface area contributed by atoms with E-state index in [4.69, 9.17) is 9.88 Å². The fourth-order valence-corrected chi connectivity index (χ4v) is 2.40. The molecular weight excluding hydrogens is 288 g/mol. The van der Waals surface area contributed by atoms with Crippen LogP contribution in [0.1, 0.15) is 0 Å². The number of ether oxygens (including phenoxy) is 1. The first-order chi connectivity index (χ1) is 9.05. The Morgan fingerprint density at radius 1 is 1.32 bits per heavy atom. The Bertz CT molecular complexity index is 611. The van der Waals surface area contributed by atoms with Gasteiger partial charge in [-0.2, -0.15) is 5.10 Å². The number of hydrogen-bond acceptors (Lipinski definition) is 6. The summed E-state index contributed by atoms with van der Waals surface area (Å²) in [5.74, 6) is 1.29. The van der Waals surface area contributed by atoms with Crippen molar-refractivity contribution in [2.75, 3.05) is 12.4 Å². The van der Waals surface area contributed by atoms with Gasteiger partial charge in [-0.05, 0) is 24.3 Å². The summed E-state index contributed by atoms with van der Waals surface area (Å²) in [6.07, 6.45) is 1.44. The Hall–Kier alpha value is -1.58. The van der Waals surface area contributed by atoms with Crippen molar-refractivity contribution in [1.82, 2.24) is 15.2 Å². The highest BCUT2D eigenvalue weighted by molar-refractivity contribution is 7.99. The molecule has 1 heterocycles. The number of nitrogens with two attached hydrogens (primary N) is 1. The Balaban J connectivity index is 1.80. The van der Waals surface area contributed by atoms with E-state index in [0.29, 0.717) is 18.1 Å². The van der Waals surface area contributed by atoms with E-state index in [-0.39, 0.29) is 4.90 Å². The summed E-state index contributed by atoms with van der Waals surface area (Å²) < 4.78 is 27.6. The lowest BCUT2D eigenvalue weighted by Crippen LogP contribution is -2.11. The van der Waals surface area contributed by atoms with E-state index in [1.165, 1.54) is 30.2 Å². The first kappa shape index (κ1) is 13.8. The summed E-state index contributed by atoms with van der Waals surface area (Å²) in [6, 6.07) is 5.96. The fraction of sp³-hybridized carbons (Fsp3) is 0.200. The molecule has 2 rings (SSSR count). The number of H-pyrrole nitrogens is 1. The molecule has 0 fully saturated rings. The molecular formula is C10H12N4O3S2. The maximum Gasteiger partial charge on any atom is 0.238 e. The molecule has 1 aromatic heterocycles. The molecule has 0 amide bonds. The molecule has 102 valence electrons. The highest BCUT2D eigenvalue weighted by atomic mass is 32.2. The van der Waals surface area contributed by atoms with E-state index in [9.17, 15) is 8.42 Å². The maximum absolute atomic E-state index is 11.1. The number of sulfonamides is 1. The largest absolute Gasteiger partial charge is 0.493 e. The third-order valence-corrected chi connectivity index (χ3v) is 3.91. The van der Waals surface area contributed by atoms with E-state index in [2.05, 4.69) is 15.2 Å². The van der Waals surface area contributed by atoms with Gasteiger partial charge < -0.3 is 4.74 Å². The van der Waals surface area contributed by atoms with Crippen LogP contribution >= 0.6 is 11.8 Å². The molecule has 3 N–H and O–H groups in total.